The average Bonchev–Trinajstić information content (AvgIpc) is 2.46. The van der Waals surface area contributed by atoms with E-state index < -0.39 is 5.91 Å². The summed E-state index contributed by atoms with van der Waals surface area (Å²) in [5.74, 6) is -0.777. The molecule has 0 unspecified atom stereocenters. The zero-order valence-corrected chi connectivity index (χ0v) is 7.50. The predicted octanol–water partition coefficient (Wildman–Crippen LogP) is -0.270. The van der Waals surface area contributed by atoms with Gasteiger partial charge < -0.3 is 15.6 Å². The summed E-state index contributed by atoms with van der Waals surface area (Å²) in [4.78, 5) is 21.9. The maximum atomic E-state index is 11.2. The number of nitrogens with one attached hydrogen (secondary N) is 1. The van der Waals surface area contributed by atoms with Gasteiger partial charge in [0.2, 0.25) is 5.91 Å². The molecular formula is C8H13N3O2. The minimum atomic E-state index is -0.536. The number of carbonyl (C=O) groups is 2. The predicted molar refractivity (Wildman–Crippen MR) is 49.4 cm³/mol. The molecule has 13 heavy (non-hydrogen) atoms. The first kappa shape index (κ1) is 9.31. The van der Waals surface area contributed by atoms with E-state index in [1.54, 1.807) is 11.6 Å². The third-order valence-corrected chi connectivity index (χ3v) is 1.75. The van der Waals surface area contributed by atoms with E-state index in [1.165, 1.54) is 19.3 Å². The van der Waals surface area contributed by atoms with Crippen LogP contribution in [0, 0.1) is 0 Å². The van der Waals surface area contributed by atoms with Crippen LogP contribution in [0.3, 0.4) is 0 Å². The Morgan fingerprint density at radius 1 is 1.62 bits per heavy atom. The number of aromatic nitrogens is 1. The molecule has 5 heteroatoms. The Bertz CT molecular complexity index is 359. The molecule has 3 N–H and O–H groups in total. The van der Waals surface area contributed by atoms with Crippen LogP contribution in [0.4, 0.5) is 0 Å². The molecule has 0 atom stereocenters. The number of hydrogen-bond donors (Lipinski definition) is 2. The smallest absolute Gasteiger partial charge is 0.267 e. The largest absolute Gasteiger partial charge is 0.366 e. The van der Waals surface area contributed by atoms with Crippen molar-refractivity contribution in [2.45, 2.75) is 0 Å². The van der Waals surface area contributed by atoms with Crippen molar-refractivity contribution in [3.8, 4) is 0 Å². The van der Waals surface area contributed by atoms with Crippen molar-refractivity contribution >= 4 is 11.8 Å². The number of nitrogens with zero attached hydrogens (tertiary/aromatic N) is 1. The molecule has 0 bridgehead atoms. The van der Waals surface area contributed by atoms with E-state index in [4.69, 9.17) is 5.73 Å². The minimum Gasteiger partial charge on any atom is -0.366 e. The normalized spacial score (nSPS) is 9.69. The second-order valence-corrected chi connectivity index (χ2v) is 2.67. The van der Waals surface area contributed by atoms with Gasteiger partial charge in [0.15, 0.2) is 0 Å². The topological polar surface area (TPSA) is 77.1 Å². The van der Waals surface area contributed by atoms with Crippen molar-refractivity contribution < 1.29 is 11.0 Å². The zero-order chi connectivity index (χ0) is 10.0. The molecule has 0 aliphatic carbocycles. The van der Waals surface area contributed by atoms with Gasteiger partial charge in [-0.3, -0.25) is 9.59 Å². The van der Waals surface area contributed by atoms with Gasteiger partial charge in [0.05, 0.1) is 5.56 Å². The molecule has 0 fully saturated rings. The number of nitrogens with two attached hydrogens (primary N) is 1. The molecule has 1 heterocycles. The highest BCUT2D eigenvalue weighted by Crippen LogP contribution is 2.05. The Hall–Kier alpha value is -1.78. The summed E-state index contributed by atoms with van der Waals surface area (Å²) in [7, 11) is 3.20. The fourth-order valence-corrected chi connectivity index (χ4v) is 1.05. The first-order valence-electron chi connectivity index (χ1n) is 3.74. The van der Waals surface area contributed by atoms with Gasteiger partial charge in [-0.05, 0) is 6.07 Å². The van der Waals surface area contributed by atoms with Crippen LogP contribution in [0.25, 0.3) is 0 Å². The monoisotopic (exact) mass is 183 g/mol. The molecular weight excluding hydrogens is 170 g/mol. The van der Waals surface area contributed by atoms with Gasteiger partial charge in [-0.1, -0.05) is 0 Å². The summed E-state index contributed by atoms with van der Waals surface area (Å²) < 4.78 is 1.55. The van der Waals surface area contributed by atoms with Crippen molar-refractivity contribution in [3.05, 3.63) is 23.5 Å². The van der Waals surface area contributed by atoms with E-state index in [1.807, 2.05) is 0 Å². The molecule has 0 radical (unpaired) electrons. The lowest BCUT2D eigenvalue weighted by Crippen LogP contribution is -2.20. The van der Waals surface area contributed by atoms with E-state index >= 15 is 0 Å². The minimum absolute atomic E-state index is 0. The third kappa shape index (κ3) is 1.69. The lowest BCUT2D eigenvalue weighted by Gasteiger charge is -1.98. The van der Waals surface area contributed by atoms with Crippen molar-refractivity contribution in [2.75, 3.05) is 7.05 Å². The van der Waals surface area contributed by atoms with Crippen molar-refractivity contribution in [1.82, 2.24) is 9.88 Å². The Balaban J connectivity index is 0.00000169. The molecule has 2 amide bonds. The van der Waals surface area contributed by atoms with E-state index in [2.05, 4.69) is 5.32 Å². The first-order valence-corrected chi connectivity index (χ1v) is 3.74. The molecule has 0 aromatic carbocycles. The van der Waals surface area contributed by atoms with E-state index in [9.17, 15) is 9.59 Å². The molecule has 0 spiro atoms. The van der Waals surface area contributed by atoms with Gasteiger partial charge in [0, 0.05) is 21.7 Å². The molecule has 72 valence electrons. The molecule has 1 aromatic heterocycles. The van der Waals surface area contributed by atoms with Crippen LogP contribution in [-0.4, -0.2) is 23.4 Å². The fraction of sp³-hybridized carbons (Fsp3) is 0.250. The SMILES string of the molecule is CNC(=O)c1cc(C(N)=O)cn1C.[HH]. The van der Waals surface area contributed by atoms with Gasteiger partial charge in [-0.15, -0.1) is 0 Å². The molecule has 0 aliphatic rings. The summed E-state index contributed by atoms with van der Waals surface area (Å²) >= 11 is 0. The average molecular weight is 183 g/mol. The summed E-state index contributed by atoms with van der Waals surface area (Å²) in [6.45, 7) is 0. The number of amides is 2. The fourth-order valence-electron chi connectivity index (χ4n) is 1.05. The van der Waals surface area contributed by atoms with Crippen molar-refractivity contribution in [3.63, 3.8) is 0 Å². The lowest BCUT2D eigenvalue weighted by molar-refractivity contribution is 0.0954. The van der Waals surface area contributed by atoms with Crippen LogP contribution >= 0.6 is 0 Å². The Morgan fingerprint density at radius 3 is 2.62 bits per heavy atom. The Morgan fingerprint density at radius 2 is 2.23 bits per heavy atom. The summed E-state index contributed by atoms with van der Waals surface area (Å²) in [5, 5.41) is 2.46. The molecule has 0 saturated carbocycles. The summed E-state index contributed by atoms with van der Waals surface area (Å²) in [5.41, 5.74) is 5.80. The van der Waals surface area contributed by atoms with Crippen molar-refractivity contribution in [1.29, 1.82) is 0 Å². The highest BCUT2D eigenvalue weighted by atomic mass is 16.2. The van der Waals surface area contributed by atoms with E-state index in [0.29, 0.717) is 11.3 Å². The molecule has 5 nitrogen and oxygen atoms in total. The lowest BCUT2D eigenvalue weighted by atomic mass is 10.3. The molecule has 0 aliphatic heterocycles. The Kier molecular flexibility index (Phi) is 2.36. The molecule has 0 saturated heterocycles. The van der Waals surface area contributed by atoms with E-state index in [0.717, 1.165) is 0 Å². The second-order valence-electron chi connectivity index (χ2n) is 2.67. The number of rotatable bonds is 2. The molecule has 1 rings (SSSR count). The quantitative estimate of drug-likeness (QED) is 0.662. The maximum Gasteiger partial charge on any atom is 0.267 e. The van der Waals surface area contributed by atoms with Crippen LogP contribution in [0.2, 0.25) is 0 Å². The van der Waals surface area contributed by atoms with Gasteiger partial charge >= 0.3 is 0 Å². The first-order chi connectivity index (χ1) is 6.06. The van der Waals surface area contributed by atoms with Crippen LogP contribution in [-0.2, 0) is 7.05 Å². The van der Waals surface area contributed by atoms with Crippen LogP contribution in [0.15, 0.2) is 12.3 Å². The van der Waals surface area contributed by atoms with Gasteiger partial charge in [0.1, 0.15) is 5.69 Å². The van der Waals surface area contributed by atoms with Gasteiger partial charge in [0.25, 0.3) is 5.91 Å². The van der Waals surface area contributed by atoms with Crippen LogP contribution in [0.5, 0.6) is 0 Å². The number of carbonyl (C=O) groups excluding carboxylic acids is 2. The van der Waals surface area contributed by atoms with E-state index in [-0.39, 0.29) is 7.33 Å². The van der Waals surface area contributed by atoms with Crippen LogP contribution < -0.4 is 11.1 Å². The maximum absolute atomic E-state index is 11.2. The summed E-state index contributed by atoms with van der Waals surface area (Å²) in [6, 6.07) is 1.46. The van der Waals surface area contributed by atoms with Crippen molar-refractivity contribution in [2.24, 2.45) is 12.8 Å². The molecule has 1 aromatic rings. The van der Waals surface area contributed by atoms with Gasteiger partial charge in [-0.2, -0.15) is 0 Å². The number of aryl methyl sites for hydroxylation is 1. The van der Waals surface area contributed by atoms with Gasteiger partial charge in [-0.25, -0.2) is 0 Å². The second kappa shape index (κ2) is 3.30. The third-order valence-electron chi connectivity index (χ3n) is 1.75. The number of hydrogen-bond acceptors (Lipinski definition) is 2. The number of primary amides is 1. The zero-order valence-electron chi connectivity index (χ0n) is 7.50. The highest BCUT2D eigenvalue weighted by Gasteiger charge is 2.12. The van der Waals surface area contributed by atoms with Crippen LogP contribution in [0.1, 0.15) is 22.3 Å². The summed E-state index contributed by atoms with van der Waals surface area (Å²) in [6.07, 6.45) is 1.52. The standard InChI is InChI=1S/C8H11N3O2.H2/c1-10-8(13)6-3-5(7(9)12)4-11(6)2;/h3-4H,1-2H3,(H2,9,12)(H,10,13);1H. The highest BCUT2D eigenvalue weighted by molar-refractivity contribution is 5.98. The Labute approximate surface area is 77.0 Å².